The van der Waals surface area contributed by atoms with E-state index in [0.29, 0.717) is 30.2 Å². The van der Waals surface area contributed by atoms with E-state index in [1.807, 2.05) is 0 Å². The third-order valence-corrected chi connectivity index (χ3v) is 2.20. The molecule has 0 fully saturated rings. The van der Waals surface area contributed by atoms with Gasteiger partial charge in [-0.05, 0) is 12.1 Å². The molecular formula is C10H12N6O2. The molecule has 0 spiro atoms. The van der Waals surface area contributed by atoms with Gasteiger partial charge in [-0.1, -0.05) is 5.16 Å². The number of carbonyl (C=O) groups excluding carboxylic acids is 1. The fourth-order valence-corrected chi connectivity index (χ4v) is 1.30. The van der Waals surface area contributed by atoms with E-state index in [1.165, 1.54) is 12.5 Å². The van der Waals surface area contributed by atoms with E-state index in [-0.39, 0.29) is 5.91 Å². The van der Waals surface area contributed by atoms with Crippen molar-refractivity contribution in [2.24, 2.45) is 5.84 Å². The van der Waals surface area contributed by atoms with E-state index in [1.54, 1.807) is 12.1 Å². The summed E-state index contributed by atoms with van der Waals surface area (Å²) in [6.07, 6.45) is 3.25. The van der Waals surface area contributed by atoms with Crippen LogP contribution in [0.1, 0.15) is 16.2 Å². The van der Waals surface area contributed by atoms with E-state index in [9.17, 15) is 4.79 Å². The predicted molar refractivity (Wildman–Crippen MR) is 62.4 cm³/mol. The summed E-state index contributed by atoms with van der Waals surface area (Å²) in [6.45, 7) is 0.415. The second kappa shape index (κ2) is 5.73. The van der Waals surface area contributed by atoms with E-state index in [0.717, 1.165) is 0 Å². The summed E-state index contributed by atoms with van der Waals surface area (Å²) in [5.41, 5.74) is 2.84. The van der Waals surface area contributed by atoms with Gasteiger partial charge in [-0.25, -0.2) is 10.8 Å². The number of anilines is 1. The highest BCUT2D eigenvalue weighted by Crippen LogP contribution is 2.03. The number of nitrogens with zero attached hydrogens (tertiary/aromatic N) is 3. The van der Waals surface area contributed by atoms with Crippen LogP contribution in [0.3, 0.4) is 0 Å². The van der Waals surface area contributed by atoms with Crippen molar-refractivity contribution in [1.29, 1.82) is 0 Å². The molecule has 8 nitrogen and oxygen atoms in total. The summed E-state index contributed by atoms with van der Waals surface area (Å²) in [6, 6.07) is 3.25. The van der Waals surface area contributed by atoms with Crippen molar-refractivity contribution in [2.45, 2.75) is 6.42 Å². The molecule has 0 unspecified atom stereocenters. The SMILES string of the molecule is NNc1ccc(C(=O)NCCc2ncno2)cn1. The van der Waals surface area contributed by atoms with Crippen LogP contribution in [-0.4, -0.2) is 27.6 Å². The highest BCUT2D eigenvalue weighted by Gasteiger charge is 2.06. The van der Waals surface area contributed by atoms with Crippen LogP contribution in [0.5, 0.6) is 0 Å². The second-order valence-corrected chi connectivity index (χ2v) is 3.42. The Balaban J connectivity index is 1.83. The van der Waals surface area contributed by atoms with E-state index >= 15 is 0 Å². The van der Waals surface area contributed by atoms with Gasteiger partial charge in [0.15, 0.2) is 6.33 Å². The van der Waals surface area contributed by atoms with E-state index in [4.69, 9.17) is 10.4 Å². The van der Waals surface area contributed by atoms with Gasteiger partial charge in [-0.15, -0.1) is 0 Å². The number of nitrogen functional groups attached to an aromatic ring is 1. The fraction of sp³-hybridized carbons (Fsp3) is 0.200. The number of nitrogens with two attached hydrogens (primary N) is 1. The van der Waals surface area contributed by atoms with Crippen LogP contribution in [0.2, 0.25) is 0 Å². The lowest BCUT2D eigenvalue weighted by Gasteiger charge is -2.04. The molecular weight excluding hydrogens is 236 g/mol. The normalized spacial score (nSPS) is 10.1. The Kier molecular flexibility index (Phi) is 3.82. The predicted octanol–water partition coefficient (Wildman–Crippen LogP) is -0.277. The van der Waals surface area contributed by atoms with Crippen LogP contribution in [0.25, 0.3) is 0 Å². The number of rotatable bonds is 5. The monoisotopic (exact) mass is 248 g/mol. The standard InChI is InChI=1S/C10H12N6O2/c11-16-8-2-1-7(5-13-8)10(17)12-4-3-9-14-6-15-18-9/h1-2,5-6H,3-4,11H2,(H,12,17)(H,13,16). The lowest BCUT2D eigenvalue weighted by atomic mass is 10.2. The zero-order chi connectivity index (χ0) is 12.8. The van der Waals surface area contributed by atoms with Crippen molar-refractivity contribution in [2.75, 3.05) is 12.0 Å². The van der Waals surface area contributed by atoms with Crippen molar-refractivity contribution in [3.05, 3.63) is 36.1 Å². The average Bonchev–Trinajstić information content (AvgIpc) is 2.92. The van der Waals surface area contributed by atoms with Crippen molar-refractivity contribution in [3.8, 4) is 0 Å². The van der Waals surface area contributed by atoms with Crippen LogP contribution in [0.15, 0.2) is 29.2 Å². The lowest BCUT2D eigenvalue weighted by molar-refractivity contribution is 0.0953. The molecule has 2 aromatic heterocycles. The van der Waals surface area contributed by atoms with Gasteiger partial charge in [0.2, 0.25) is 5.89 Å². The highest BCUT2D eigenvalue weighted by atomic mass is 16.5. The Bertz CT molecular complexity index is 496. The Labute approximate surface area is 103 Å². The van der Waals surface area contributed by atoms with E-state index in [2.05, 4.69) is 25.9 Å². The number of pyridine rings is 1. The molecule has 0 saturated carbocycles. The van der Waals surface area contributed by atoms with Gasteiger partial charge in [-0.2, -0.15) is 4.98 Å². The fourth-order valence-electron chi connectivity index (χ4n) is 1.30. The van der Waals surface area contributed by atoms with Gasteiger partial charge in [0, 0.05) is 19.2 Å². The number of amides is 1. The third kappa shape index (κ3) is 3.01. The first-order chi connectivity index (χ1) is 8.79. The Morgan fingerprint density at radius 3 is 2.89 bits per heavy atom. The van der Waals surface area contributed by atoms with Gasteiger partial charge < -0.3 is 15.3 Å². The summed E-state index contributed by atoms with van der Waals surface area (Å²) in [4.78, 5) is 19.5. The number of hydrogen-bond donors (Lipinski definition) is 3. The van der Waals surface area contributed by atoms with Crippen LogP contribution in [0, 0.1) is 0 Å². The largest absolute Gasteiger partial charge is 0.351 e. The molecule has 4 N–H and O–H groups in total. The van der Waals surface area contributed by atoms with Gasteiger partial charge in [0.1, 0.15) is 5.82 Å². The molecule has 2 rings (SSSR count). The minimum absolute atomic E-state index is 0.217. The summed E-state index contributed by atoms with van der Waals surface area (Å²) in [7, 11) is 0. The first-order valence-electron chi connectivity index (χ1n) is 5.26. The van der Waals surface area contributed by atoms with Gasteiger partial charge in [0.05, 0.1) is 5.56 Å². The molecule has 0 aliphatic heterocycles. The number of nitrogens with one attached hydrogen (secondary N) is 2. The molecule has 0 radical (unpaired) electrons. The first kappa shape index (κ1) is 12.0. The topological polar surface area (TPSA) is 119 Å². The van der Waals surface area contributed by atoms with Crippen molar-refractivity contribution >= 4 is 11.7 Å². The zero-order valence-electron chi connectivity index (χ0n) is 9.46. The van der Waals surface area contributed by atoms with Crippen LogP contribution >= 0.6 is 0 Å². The molecule has 0 aliphatic rings. The number of hydrazine groups is 1. The van der Waals surface area contributed by atoms with Crippen molar-refractivity contribution < 1.29 is 9.32 Å². The number of hydrogen-bond acceptors (Lipinski definition) is 7. The van der Waals surface area contributed by atoms with Gasteiger partial charge >= 0.3 is 0 Å². The molecule has 1 amide bonds. The summed E-state index contributed by atoms with van der Waals surface area (Å²) >= 11 is 0. The average molecular weight is 248 g/mol. The summed E-state index contributed by atoms with van der Waals surface area (Å²) < 4.78 is 4.80. The minimum atomic E-state index is -0.217. The molecule has 0 aromatic carbocycles. The molecule has 94 valence electrons. The summed E-state index contributed by atoms with van der Waals surface area (Å²) in [5.74, 6) is 5.94. The lowest BCUT2D eigenvalue weighted by Crippen LogP contribution is -2.26. The summed E-state index contributed by atoms with van der Waals surface area (Å²) in [5, 5.41) is 6.19. The quantitative estimate of drug-likeness (QED) is 0.492. The van der Waals surface area contributed by atoms with Crippen molar-refractivity contribution in [1.82, 2.24) is 20.4 Å². The van der Waals surface area contributed by atoms with Gasteiger partial charge in [-0.3, -0.25) is 4.79 Å². The third-order valence-electron chi connectivity index (χ3n) is 2.20. The van der Waals surface area contributed by atoms with Crippen molar-refractivity contribution in [3.63, 3.8) is 0 Å². The van der Waals surface area contributed by atoms with Crippen LogP contribution in [0.4, 0.5) is 5.82 Å². The maximum atomic E-state index is 11.7. The minimum Gasteiger partial charge on any atom is -0.351 e. The molecule has 18 heavy (non-hydrogen) atoms. The Morgan fingerprint density at radius 2 is 2.28 bits per heavy atom. The second-order valence-electron chi connectivity index (χ2n) is 3.42. The molecule has 0 bridgehead atoms. The Hall–Kier alpha value is -2.48. The van der Waals surface area contributed by atoms with Crippen LogP contribution < -0.4 is 16.6 Å². The smallest absolute Gasteiger partial charge is 0.252 e. The molecule has 0 saturated heterocycles. The number of carbonyl (C=O) groups is 1. The molecule has 2 heterocycles. The zero-order valence-corrected chi connectivity index (χ0v) is 9.46. The van der Waals surface area contributed by atoms with E-state index < -0.39 is 0 Å². The first-order valence-corrected chi connectivity index (χ1v) is 5.26. The maximum absolute atomic E-state index is 11.7. The molecule has 8 heteroatoms. The molecule has 0 atom stereocenters. The number of aromatic nitrogens is 3. The Morgan fingerprint density at radius 1 is 1.39 bits per heavy atom. The van der Waals surface area contributed by atoms with Crippen LogP contribution in [-0.2, 0) is 6.42 Å². The highest BCUT2D eigenvalue weighted by molar-refractivity contribution is 5.94. The molecule has 2 aromatic rings. The molecule has 0 aliphatic carbocycles. The van der Waals surface area contributed by atoms with Gasteiger partial charge in [0.25, 0.3) is 5.91 Å². The maximum Gasteiger partial charge on any atom is 0.252 e.